The molecule has 1 aromatic carbocycles. The highest BCUT2D eigenvalue weighted by molar-refractivity contribution is 5.36. The van der Waals surface area contributed by atoms with E-state index in [0.29, 0.717) is 19.6 Å². The Kier molecular flexibility index (Phi) is 6.15. The molecule has 1 heterocycles. The standard InChI is InChI=1S/C16H21N3O2/c1-20-10-11-21-16-8-3-2-7-14(16)15(19-17)12-13-6-4-5-9-18-13/h2-9,15,19H,10-12,17H2,1H3. The molecule has 0 amide bonds. The number of ether oxygens (including phenoxy) is 2. The van der Waals surface area contributed by atoms with E-state index in [1.165, 1.54) is 0 Å². The molecule has 0 bridgehead atoms. The van der Waals surface area contributed by atoms with E-state index in [1.807, 2.05) is 42.5 Å². The number of benzene rings is 1. The molecular formula is C16H21N3O2. The summed E-state index contributed by atoms with van der Waals surface area (Å²) in [6.07, 6.45) is 2.48. The fourth-order valence-electron chi connectivity index (χ4n) is 2.12. The lowest BCUT2D eigenvalue weighted by atomic mass is 10.0. The highest BCUT2D eigenvalue weighted by atomic mass is 16.5. The minimum atomic E-state index is -0.0568. The zero-order chi connectivity index (χ0) is 14.9. The molecule has 5 nitrogen and oxygen atoms in total. The minimum absolute atomic E-state index is 0.0568. The van der Waals surface area contributed by atoms with Crippen molar-refractivity contribution in [3.63, 3.8) is 0 Å². The van der Waals surface area contributed by atoms with Gasteiger partial charge in [0.25, 0.3) is 0 Å². The van der Waals surface area contributed by atoms with Gasteiger partial charge in [-0.05, 0) is 18.2 Å². The Morgan fingerprint density at radius 1 is 1.14 bits per heavy atom. The molecule has 0 saturated carbocycles. The summed E-state index contributed by atoms with van der Waals surface area (Å²) in [7, 11) is 1.65. The average molecular weight is 287 g/mol. The maximum absolute atomic E-state index is 5.76. The van der Waals surface area contributed by atoms with Crippen LogP contribution in [0.5, 0.6) is 5.75 Å². The first-order valence-corrected chi connectivity index (χ1v) is 6.92. The largest absolute Gasteiger partial charge is 0.491 e. The van der Waals surface area contributed by atoms with Gasteiger partial charge in [-0.2, -0.15) is 0 Å². The highest BCUT2D eigenvalue weighted by Crippen LogP contribution is 2.26. The average Bonchev–Trinajstić information content (AvgIpc) is 2.54. The third kappa shape index (κ3) is 4.53. The van der Waals surface area contributed by atoms with Gasteiger partial charge >= 0.3 is 0 Å². The van der Waals surface area contributed by atoms with E-state index < -0.39 is 0 Å². The van der Waals surface area contributed by atoms with E-state index in [-0.39, 0.29) is 6.04 Å². The predicted molar refractivity (Wildman–Crippen MR) is 81.8 cm³/mol. The number of pyridine rings is 1. The van der Waals surface area contributed by atoms with Crippen molar-refractivity contribution in [2.45, 2.75) is 12.5 Å². The summed E-state index contributed by atoms with van der Waals surface area (Å²) < 4.78 is 10.8. The van der Waals surface area contributed by atoms with Crippen LogP contribution in [0, 0.1) is 0 Å². The van der Waals surface area contributed by atoms with Crippen LogP contribution in [0.1, 0.15) is 17.3 Å². The number of rotatable bonds is 8. The topological polar surface area (TPSA) is 69.4 Å². The second-order valence-corrected chi connectivity index (χ2v) is 4.62. The van der Waals surface area contributed by atoms with Crippen molar-refractivity contribution in [3.8, 4) is 5.75 Å². The Morgan fingerprint density at radius 2 is 1.95 bits per heavy atom. The fourth-order valence-corrected chi connectivity index (χ4v) is 2.12. The predicted octanol–water partition coefficient (Wildman–Crippen LogP) is 1.85. The van der Waals surface area contributed by atoms with Gasteiger partial charge < -0.3 is 9.47 Å². The first kappa shape index (κ1) is 15.4. The summed E-state index contributed by atoms with van der Waals surface area (Å²) in [4.78, 5) is 4.34. The van der Waals surface area contributed by atoms with Crippen molar-refractivity contribution in [2.75, 3.05) is 20.3 Å². The molecule has 0 aliphatic heterocycles. The Morgan fingerprint density at radius 3 is 2.67 bits per heavy atom. The summed E-state index contributed by atoms with van der Waals surface area (Å²) in [5.74, 6) is 6.53. The number of aromatic nitrogens is 1. The number of hydrogen-bond donors (Lipinski definition) is 2. The molecular weight excluding hydrogens is 266 g/mol. The highest BCUT2D eigenvalue weighted by Gasteiger charge is 2.15. The van der Waals surface area contributed by atoms with Crippen LogP contribution in [0.25, 0.3) is 0 Å². The quantitative estimate of drug-likeness (QED) is 0.440. The Hall–Kier alpha value is -1.95. The molecule has 1 aromatic heterocycles. The second-order valence-electron chi connectivity index (χ2n) is 4.62. The lowest BCUT2D eigenvalue weighted by molar-refractivity contribution is 0.145. The molecule has 5 heteroatoms. The van der Waals surface area contributed by atoms with Gasteiger partial charge in [0.15, 0.2) is 0 Å². The van der Waals surface area contributed by atoms with Crippen molar-refractivity contribution in [1.82, 2.24) is 10.4 Å². The molecule has 1 unspecified atom stereocenters. The van der Waals surface area contributed by atoms with Gasteiger partial charge in [0.05, 0.1) is 12.6 Å². The minimum Gasteiger partial charge on any atom is -0.491 e. The van der Waals surface area contributed by atoms with Gasteiger partial charge in [0, 0.05) is 31.0 Å². The van der Waals surface area contributed by atoms with Crippen LogP contribution in [-0.2, 0) is 11.2 Å². The number of nitrogens with one attached hydrogen (secondary N) is 1. The zero-order valence-corrected chi connectivity index (χ0v) is 12.2. The second kappa shape index (κ2) is 8.36. The van der Waals surface area contributed by atoms with E-state index in [1.54, 1.807) is 13.3 Å². The normalized spacial score (nSPS) is 12.1. The number of hydrogen-bond acceptors (Lipinski definition) is 5. The van der Waals surface area contributed by atoms with Crippen molar-refractivity contribution >= 4 is 0 Å². The van der Waals surface area contributed by atoms with Gasteiger partial charge in [0.2, 0.25) is 0 Å². The number of para-hydroxylation sites is 1. The first-order chi connectivity index (χ1) is 10.3. The monoisotopic (exact) mass is 287 g/mol. The van der Waals surface area contributed by atoms with Crippen LogP contribution in [0.4, 0.5) is 0 Å². The van der Waals surface area contributed by atoms with E-state index in [0.717, 1.165) is 17.0 Å². The van der Waals surface area contributed by atoms with Crippen molar-refractivity contribution in [1.29, 1.82) is 0 Å². The molecule has 0 saturated heterocycles. The summed E-state index contributed by atoms with van der Waals surface area (Å²) in [6, 6.07) is 13.7. The van der Waals surface area contributed by atoms with Gasteiger partial charge in [-0.1, -0.05) is 24.3 Å². The van der Waals surface area contributed by atoms with Crippen molar-refractivity contribution in [3.05, 3.63) is 59.9 Å². The van der Waals surface area contributed by atoms with Gasteiger partial charge in [-0.25, -0.2) is 0 Å². The van der Waals surface area contributed by atoms with E-state index in [4.69, 9.17) is 15.3 Å². The molecule has 0 aliphatic carbocycles. The molecule has 3 N–H and O–H groups in total. The van der Waals surface area contributed by atoms with Crippen LogP contribution < -0.4 is 16.0 Å². The molecule has 1 atom stereocenters. The third-order valence-corrected chi connectivity index (χ3v) is 3.18. The van der Waals surface area contributed by atoms with E-state index >= 15 is 0 Å². The van der Waals surface area contributed by atoms with E-state index in [9.17, 15) is 0 Å². The van der Waals surface area contributed by atoms with Crippen molar-refractivity contribution < 1.29 is 9.47 Å². The SMILES string of the molecule is COCCOc1ccccc1C(Cc1ccccn1)NN. The summed E-state index contributed by atoms with van der Waals surface area (Å²) in [6.45, 7) is 1.06. The smallest absolute Gasteiger partial charge is 0.124 e. The maximum atomic E-state index is 5.76. The summed E-state index contributed by atoms with van der Waals surface area (Å²) in [5.41, 5.74) is 4.84. The zero-order valence-electron chi connectivity index (χ0n) is 12.2. The maximum Gasteiger partial charge on any atom is 0.124 e. The lowest BCUT2D eigenvalue weighted by Gasteiger charge is -2.19. The summed E-state index contributed by atoms with van der Waals surface area (Å²) in [5, 5.41) is 0. The molecule has 0 spiro atoms. The van der Waals surface area contributed by atoms with Gasteiger partial charge in [0.1, 0.15) is 12.4 Å². The van der Waals surface area contributed by atoms with Crippen LogP contribution in [0.2, 0.25) is 0 Å². The lowest BCUT2D eigenvalue weighted by Crippen LogP contribution is -2.30. The van der Waals surface area contributed by atoms with Gasteiger partial charge in [-0.15, -0.1) is 0 Å². The van der Waals surface area contributed by atoms with Gasteiger partial charge in [-0.3, -0.25) is 16.3 Å². The molecule has 0 aliphatic rings. The van der Waals surface area contributed by atoms with Crippen LogP contribution in [0.3, 0.4) is 0 Å². The summed E-state index contributed by atoms with van der Waals surface area (Å²) >= 11 is 0. The van der Waals surface area contributed by atoms with Crippen molar-refractivity contribution in [2.24, 2.45) is 5.84 Å². The molecule has 2 rings (SSSR count). The fraction of sp³-hybridized carbons (Fsp3) is 0.312. The molecule has 0 radical (unpaired) electrons. The van der Waals surface area contributed by atoms with Crippen LogP contribution in [-0.4, -0.2) is 25.3 Å². The number of nitrogens with two attached hydrogens (primary N) is 1. The number of hydrazine groups is 1. The number of nitrogens with zero attached hydrogens (tertiary/aromatic N) is 1. The van der Waals surface area contributed by atoms with E-state index in [2.05, 4.69) is 10.4 Å². The molecule has 21 heavy (non-hydrogen) atoms. The third-order valence-electron chi connectivity index (χ3n) is 3.18. The Labute approximate surface area is 125 Å². The van der Waals surface area contributed by atoms with Crippen LogP contribution in [0.15, 0.2) is 48.7 Å². The number of methoxy groups -OCH3 is 1. The Balaban J connectivity index is 2.13. The first-order valence-electron chi connectivity index (χ1n) is 6.92. The molecule has 112 valence electrons. The molecule has 2 aromatic rings. The molecule has 0 fully saturated rings. The Bertz CT molecular complexity index is 534. The van der Waals surface area contributed by atoms with Crippen LogP contribution >= 0.6 is 0 Å².